The van der Waals surface area contributed by atoms with Crippen molar-refractivity contribution in [3.8, 4) is 11.1 Å². The topological polar surface area (TPSA) is 49.4 Å². The Morgan fingerprint density at radius 2 is 1.19 bits per heavy atom. The quantitative estimate of drug-likeness (QED) is 0.711. The van der Waals surface area contributed by atoms with Gasteiger partial charge in [-0.1, -0.05) is 60.7 Å². The summed E-state index contributed by atoms with van der Waals surface area (Å²) in [7, 11) is 0. The normalized spacial score (nSPS) is 13.0. The highest BCUT2D eigenvalue weighted by atomic mass is 16.2. The molecule has 1 heterocycles. The molecule has 4 heteroatoms. The number of nitrogens with zero attached hydrogens (tertiary/aromatic N) is 1. The standard InChI is InChI=1S/C22H18N2O2/c25-21-18-11-4-5-12-19(18)22(26)24(21)15-14-23-20-13-7-6-10-17(20)16-8-2-1-3-9-16/h1-13,23H,14-15H2. The Hall–Kier alpha value is -3.40. The maximum atomic E-state index is 12.4. The van der Waals surface area contributed by atoms with Gasteiger partial charge in [0.2, 0.25) is 0 Å². The number of carbonyl (C=O) groups excluding carboxylic acids is 2. The van der Waals surface area contributed by atoms with Crippen molar-refractivity contribution >= 4 is 17.5 Å². The van der Waals surface area contributed by atoms with Crippen molar-refractivity contribution in [2.45, 2.75) is 0 Å². The predicted octanol–water partition coefficient (Wildman–Crippen LogP) is 4.06. The number of nitrogens with one attached hydrogen (secondary N) is 1. The Kier molecular flexibility index (Phi) is 4.23. The molecule has 4 rings (SSSR count). The van der Waals surface area contributed by atoms with E-state index in [2.05, 4.69) is 23.5 Å². The predicted molar refractivity (Wildman–Crippen MR) is 102 cm³/mol. The lowest BCUT2D eigenvalue weighted by Gasteiger charge is -2.16. The van der Waals surface area contributed by atoms with Crippen molar-refractivity contribution in [2.24, 2.45) is 0 Å². The first-order chi connectivity index (χ1) is 12.8. The monoisotopic (exact) mass is 342 g/mol. The van der Waals surface area contributed by atoms with E-state index in [1.807, 2.05) is 36.4 Å². The van der Waals surface area contributed by atoms with Gasteiger partial charge in [-0.2, -0.15) is 0 Å². The van der Waals surface area contributed by atoms with Gasteiger partial charge in [-0.15, -0.1) is 0 Å². The fourth-order valence-corrected chi connectivity index (χ4v) is 3.25. The van der Waals surface area contributed by atoms with E-state index < -0.39 is 0 Å². The van der Waals surface area contributed by atoms with Crippen LogP contribution in [0.4, 0.5) is 5.69 Å². The number of hydrogen-bond acceptors (Lipinski definition) is 3. The fourth-order valence-electron chi connectivity index (χ4n) is 3.25. The molecule has 3 aromatic rings. The number of imide groups is 1. The average molecular weight is 342 g/mol. The molecule has 0 spiro atoms. The number of fused-ring (bicyclic) bond motifs is 1. The van der Waals surface area contributed by atoms with E-state index in [1.165, 1.54) is 4.90 Å². The lowest BCUT2D eigenvalue weighted by Crippen LogP contribution is -2.34. The summed E-state index contributed by atoms with van der Waals surface area (Å²) in [5.74, 6) is -0.438. The Morgan fingerprint density at radius 3 is 1.85 bits per heavy atom. The lowest BCUT2D eigenvalue weighted by atomic mass is 10.0. The second kappa shape index (κ2) is 6.84. The number of rotatable bonds is 5. The smallest absolute Gasteiger partial charge is 0.261 e. The molecule has 0 aromatic heterocycles. The molecule has 1 aliphatic rings. The molecule has 0 unspecified atom stereocenters. The third kappa shape index (κ3) is 2.86. The number of para-hydroxylation sites is 1. The third-order valence-electron chi connectivity index (χ3n) is 4.54. The zero-order chi connectivity index (χ0) is 17.9. The summed E-state index contributed by atoms with van der Waals surface area (Å²) in [5.41, 5.74) is 4.17. The largest absolute Gasteiger partial charge is 0.383 e. The van der Waals surface area contributed by atoms with Crippen LogP contribution in [0.25, 0.3) is 11.1 Å². The minimum Gasteiger partial charge on any atom is -0.383 e. The minimum atomic E-state index is -0.219. The van der Waals surface area contributed by atoms with Gasteiger partial charge < -0.3 is 5.32 Å². The molecule has 0 saturated heterocycles. The minimum absolute atomic E-state index is 0.219. The molecule has 0 aliphatic carbocycles. The van der Waals surface area contributed by atoms with Gasteiger partial charge in [0, 0.05) is 24.3 Å². The highest BCUT2D eigenvalue weighted by Crippen LogP contribution is 2.27. The van der Waals surface area contributed by atoms with Crippen LogP contribution < -0.4 is 5.32 Å². The lowest BCUT2D eigenvalue weighted by molar-refractivity contribution is 0.0660. The summed E-state index contributed by atoms with van der Waals surface area (Å²) in [6, 6.07) is 25.1. The molecule has 1 aliphatic heterocycles. The van der Waals surface area contributed by atoms with Crippen LogP contribution in [0.5, 0.6) is 0 Å². The van der Waals surface area contributed by atoms with Gasteiger partial charge in [0.15, 0.2) is 0 Å². The molecule has 0 fully saturated rings. The molecule has 0 saturated carbocycles. The van der Waals surface area contributed by atoms with Crippen molar-refractivity contribution in [3.05, 3.63) is 90.0 Å². The molecule has 128 valence electrons. The van der Waals surface area contributed by atoms with Gasteiger partial charge in [-0.05, 0) is 23.8 Å². The molecule has 0 radical (unpaired) electrons. The SMILES string of the molecule is O=C1c2ccccc2C(=O)N1CCNc1ccccc1-c1ccccc1. The maximum absolute atomic E-state index is 12.4. The van der Waals surface area contributed by atoms with E-state index in [1.54, 1.807) is 24.3 Å². The van der Waals surface area contributed by atoms with Crippen molar-refractivity contribution < 1.29 is 9.59 Å². The second-order valence-corrected chi connectivity index (χ2v) is 6.15. The van der Waals surface area contributed by atoms with Crippen LogP contribution in [0.1, 0.15) is 20.7 Å². The van der Waals surface area contributed by atoms with E-state index in [0.717, 1.165) is 16.8 Å². The first-order valence-electron chi connectivity index (χ1n) is 8.59. The summed E-state index contributed by atoms with van der Waals surface area (Å²) >= 11 is 0. The number of amides is 2. The highest BCUT2D eigenvalue weighted by molar-refractivity contribution is 6.21. The molecule has 0 bridgehead atoms. The van der Waals surface area contributed by atoms with E-state index in [4.69, 9.17) is 0 Å². The van der Waals surface area contributed by atoms with Crippen LogP contribution in [0.15, 0.2) is 78.9 Å². The Bertz CT molecular complexity index is 932. The Labute approximate surface area is 152 Å². The maximum Gasteiger partial charge on any atom is 0.261 e. The van der Waals surface area contributed by atoms with Crippen molar-refractivity contribution in [1.29, 1.82) is 0 Å². The molecular weight excluding hydrogens is 324 g/mol. The summed E-state index contributed by atoms with van der Waals surface area (Å²) in [5, 5.41) is 3.36. The van der Waals surface area contributed by atoms with Crippen LogP contribution in [0, 0.1) is 0 Å². The number of anilines is 1. The van der Waals surface area contributed by atoms with Gasteiger partial charge >= 0.3 is 0 Å². The summed E-state index contributed by atoms with van der Waals surface area (Å²) in [6.45, 7) is 0.824. The van der Waals surface area contributed by atoms with E-state index in [0.29, 0.717) is 24.2 Å². The van der Waals surface area contributed by atoms with Gasteiger partial charge in [-0.25, -0.2) is 0 Å². The van der Waals surface area contributed by atoms with Crippen molar-refractivity contribution in [3.63, 3.8) is 0 Å². The fraction of sp³-hybridized carbons (Fsp3) is 0.0909. The summed E-state index contributed by atoms with van der Waals surface area (Å²) in [6.07, 6.45) is 0. The van der Waals surface area contributed by atoms with Crippen LogP contribution in [0.3, 0.4) is 0 Å². The Morgan fingerprint density at radius 1 is 0.654 bits per heavy atom. The van der Waals surface area contributed by atoms with Crippen LogP contribution >= 0.6 is 0 Å². The third-order valence-corrected chi connectivity index (χ3v) is 4.54. The molecular formula is C22H18N2O2. The number of hydrogen-bond donors (Lipinski definition) is 1. The van der Waals surface area contributed by atoms with Gasteiger partial charge in [0.1, 0.15) is 0 Å². The van der Waals surface area contributed by atoms with Crippen molar-refractivity contribution in [2.75, 3.05) is 18.4 Å². The van der Waals surface area contributed by atoms with Crippen LogP contribution in [0.2, 0.25) is 0 Å². The highest BCUT2D eigenvalue weighted by Gasteiger charge is 2.34. The molecule has 2 amide bonds. The van der Waals surface area contributed by atoms with Crippen molar-refractivity contribution in [1.82, 2.24) is 4.90 Å². The first-order valence-corrected chi connectivity index (χ1v) is 8.59. The zero-order valence-electron chi connectivity index (χ0n) is 14.2. The van der Waals surface area contributed by atoms with E-state index in [9.17, 15) is 9.59 Å². The molecule has 4 nitrogen and oxygen atoms in total. The summed E-state index contributed by atoms with van der Waals surface area (Å²) < 4.78 is 0. The van der Waals surface area contributed by atoms with E-state index >= 15 is 0 Å². The van der Waals surface area contributed by atoms with E-state index in [-0.39, 0.29) is 11.8 Å². The summed E-state index contributed by atoms with van der Waals surface area (Å²) in [4.78, 5) is 26.1. The van der Waals surface area contributed by atoms with Crippen LogP contribution in [-0.4, -0.2) is 29.8 Å². The number of carbonyl (C=O) groups is 2. The zero-order valence-corrected chi connectivity index (χ0v) is 14.2. The first kappa shape index (κ1) is 16.1. The van der Waals surface area contributed by atoms with Crippen LogP contribution in [-0.2, 0) is 0 Å². The molecule has 3 aromatic carbocycles. The second-order valence-electron chi connectivity index (χ2n) is 6.15. The van der Waals surface area contributed by atoms with Gasteiger partial charge in [0.05, 0.1) is 11.1 Å². The average Bonchev–Trinajstić information content (AvgIpc) is 2.94. The number of benzene rings is 3. The van der Waals surface area contributed by atoms with Gasteiger partial charge in [0.25, 0.3) is 11.8 Å². The molecule has 0 atom stereocenters. The Balaban J connectivity index is 1.47. The van der Waals surface area contributed by atoms with Gasteiger partial charge in [-0.3, -0.25) is 14.5 Å². The molecule has 1 N–H and O–H groups in total. The molecule has 26 heavy (non-hydrogen) atoms.